The van der Waals surface area contributed by atoms with Crippen LogP contribution in [-0.2, 0) is 17.7 Å². The van der Waals surface area contributed by atoms with Gasteiger partial charge < -0.3 is 9.64 Å². The van der Waals surface area contributed by atoms with Crippen molar-refractivity contribution in [2.45, 2.75) is 13.0 Å². The third-order valence-corrected chi connectivity index (χ3v) is 4.14. The van der Waals surface area contributed by atoms with Gasteiger partial charge in [-0.05, 0) is 35.7 Å². The van der Waals surface area contributed by atoms with Gasteiger partial charge >= 0.3 is 5.97 Å². The number of hydrogen-bond donors (Lipinski definition) is 0. The largest absolute Gasteiger partial charge is 0.465 e. The van der Waals surface area contributed by atoms with Crippen molar-refractivity contribution in [1.29, 1.82) is 0 Å². The number of carbonyl (C=O) groups excluding carboxylic acids is 2. The lowest BCUT2D eigenvalue weighted by molar-refractivity contribution is 0.0598. The van der Waals surface area contributed by atoms with Crippen molar-refractivity contribution in [2.24, 2.45) is 0 Å². The molecule has 118 valence electrons. The van der Waals surface area contributed by atoms with Gasteiger partial charge in [0.05, 0.1) is 12.7 Å². The molecule has 1 aromatic carbocycles. The van der Waals surface area contributed by atoms with E-state index in [0.717, 1.165) is 11.1 Å². The van der Waals surface area contributed by atoms with Crippen molar-refractivity contribution in [3.05, 3.63) is 63.9 Å². The van der Waals surface area contributed by atoms with Gasteiger partial charge in [0.1, 0.15) is 0 Å². The summed E-state index contributed by atoms with van der Waals surface area (Å²) in [5.41, 5.74) is 2.80. The van der Waals surface area contributed by atoms with Crippen LogP contribution in [0, 0.1) is 0 Å². The maximum absolute atomic E-state index is 12.6. The number of aromatic nitrogens is 1. The van der Waals surface area contributed by atoms with Gasteiger partial charge in [-0.25, -0.2) is 4.79 Å². The minimum Gasteiger partial charge on any atom is -0.465 e. The Labute approximate surface area is 138 Å². The van der Waals surface area contributed by atoms with E-state index in [0.29, 0.717) is 35.7 Å². The van der Waals surface area contributed by atoms with Crippen LogP contribution in [0.2, 0.25) is 5.02 Å². The first-order chi connectivity index (χ1) is 11.1. The van der Waals surface area contributed by atoms with E-state index < -0.39 is 5.97 Å². The van der Waals surface area contributed by atoms with Crippen molar-refractivity contribution in [1.82, 2.24) is 9.88 Å². The molecule has 0 spiro atoms. The number of carbonyl (C=O) groups is 2. The number of amides is 1. The van der Waals surface area contributed by atoms with Gasteiger partial charge in [0, 0.05) is 36.1 Å². The molecule has 1 amide bonds. The second-order valence-corrected chi connectivity index (χ2v) is 5.74. The molecule has 23 heavy (non-hydrogen) atoms. The van der Waals surface area contributed by atoms with Gasteiger partial charge in [0.25, 0.3) is 5.91 Å². The Bertz CT molecular complexity index is 776. The number of ether oxygens (including phenoxy) is 1. The van der Waals surface area contributed by atoms with Gasteiger partial charge in [0.15, 0.2) is 0 Å². The molecule has 3 rings (SSSR count). The van der Waals surface area contributed by atoms with Crippen LogP contribution in [-0.4, -0.2) is 35.4 Å². The van der Waals surface area contributed by atoms with Crippen LogP contribution in [0.1, 0.15) is 31.8 Å². The number of esters is 1. The zero-order valence-electron chi connectivity index (χ0n) is 12.6. The zero-order chi connectivity index (χ0) is 16.4. The highest BCUT2D eigenvalue weighted by Crippen LogP contribution is 2.24. The summed E-state index contributed by atoms with van der Waals surface area (Å²) in [7, 11) is 1.35. The summed E-state index contributed by atoms with van der Waals surface area (Å²) < 4.78 is 4.78. The van der Waals surface area contributed by atoms with Crippen LogP contribution in [0.3, 0.4) is 0 Å². The van der Waals surface area contributed by atoms with Crippen LogP contribution in [0.15, 0.2) is 36.7 Å². The van der Waals surface area contributed by atoms with Crippen LogP contribution in [0.25, 0.3) is 0 Å². The molecule has 0 radical (unpaired) electrons. The second kappa shape index (κ2) is 6.38. The van der Waals surface area contributed by atoms with Crippen molar-refractivity contribution in [3.63, 3.8) is 0 Å². The molecule has 2 heterocycles. The summed E-state index contributed by atoms with van der Waals surface area (Å²) in [6.07, 6.45) is 3.80. The number of halogens is 1. The third kappa shape index (κ3) is 3.05. The van der Waals surface area contributed by atoms with Gasteiger partial charge in [0.2, 0.25) is 0 Å². The molecule has 0 bridgehead atoms. The highest BCUT2D eigenvalue weighted by Gasteiger charge is 2.25. The maximum Gasteiger partial charge on any atom is 0.339 e. The molecule has 0 saturated carbocycles. The second-order valence-electron chi connectivity index (χ2n) is 5.30. The normalized spacial score (nSPS) is 13.4. The summed E-state index contributed by atoms with van der Waals surface area (Å²) in [6.45, 7) is 0.949. The van der Waals surface area contributed by atoms with Crippen LogP contribution >= 0.6 is 11.6 Å². The number of rotatable bonds is 2. The molecule has 0 saturated heterocycles. The summed E-state index contributed by atoms with van der Waals surface area (Å²) in [5, 5.41) is 0.530. The lowest BCUT2D eigenvalue weighted by Gasteiger charge is -2.29. The Hall–Kier alpha value is -2.40. The third-order valence-electron chi connectivity index (χ3n) is 3.90. The van der Waals surface area contributed by atoms with E-state index in [-0.39, 0.29) is 5.91 Å². The van der Waals surface area contributed by atoms with Crippen LogP contribution in [0.5, 0.6) is 0 Å². The predicted octanol–water partition coefficient (Wildman–Crippen LogP) is 2.72. The van der Waals surface area contributed by atoms with Crippen molar-refractivity contribution in [2.75, 3.05) is 13.7 Å². The molecular weight excluding hydrogens is 316 g/mol. The Kier molecular flexibility index (Phi) is 4.30. The highest BCUT2D eigenvalue weighted by molar-refractivity contribution is 6.30. The first-order valence-electron chi connectivity index (χ1n) is 7.19. The summed E-state index contributed by atoms with van der Waals surface area (Å²) in [5.74, 6) is -0.481. The SMILES string of the molecule is COC(=O)c1cncc2c1CCN(C(=O)c1cccc(Cl)c1)C2. The molecule has 0 aliphatic carbocycles. The number of benzene rings is 1. The Morgan fingerprint density at radius 3 is 2.87 bits per heavy atom. The van der Waals surface area contributed by atoms with E-state index in [2.05, 4.69) is 4.98 Å². The average Bonchev–Trinajstić information content (AvgIpc) is 2.59. The van der Waals surface area contributed by atoms with E-state index in [4.69, 9.17) is 16.3 Å². The van der Waals surface area contributed by atoms with E-state index >= 15 is 0 Å². The zero-order valence-corrected chi connectivity index (χ0v) is 13.3. The first kappa shape index (κ1) is 15.5. The predicted molar refractivity (Wildman–Crippen MR) is 85.5 cm³/mol. The molecule has 6 heteroatoms. The number of fused-ring (bicyclic) bond motifs is 1. The Morgan fingerprint density at radius 2 is 2.13 bits per heavy atom. The summed E-state index contributed by atoms with van der Waals surface area (Å²) in [6, 6.07) is 6.89. The minimum absolute atomic E-state index is 0.0818. The Balaban J connectivity index is 1.86. The van der Waals surface area contributed by atoms with Crippen molar-refractivity contribution in [3.8, 4) is 0 Å². The van der Waals surface area contributed by atoms with E-state index in [1.807, 2.05) is 0 Å². The molecule has 2 aromatic rings. The summed E-state index contributed by atoms with van der Waals surface area (Å²) >= 11 is 5.95. The van der Waals surface area contributed by atoms with Crippen LogP contribution in [0.4, 0.5) is 0 Å². The fourth-order valence-corrected chi connectivity index (χ4v) is 2.95. The molecule has 0 fully saturated rings. The topological polar surface area (TPSA) is 59.5 Å². The van der Waals surface area contributed by atoms with Gasteiger partial charge in [-0.2, -0.15) is 0 Å². The van der Waals surface area contributed by atoms with Gasteiger partial charge in [-0.15, -0.1) is 0 Å². The first-order valence-corrected chi connectivity index (χ1v) is 7.57. The smallest absolute Gasteiger partial charge is 0.339 e. The quantitative estimate of drug-likeness (QED) is 0.794. The summed E-state index contributed by atoms with van der Waals surface area (Å²) in [4.78, 5) is 30.2. The molecule has 1 aliphatic rings. The molecule has 1 aromatic heterocycles. The molecule has 0 N–H and O–H groups in total. The maximum atomic E-state index is 12.6. The highest BCUT2D eigenvalue weighted by atomic mass is 35.5. The molecule has 0 atom stereocenters. The molecule has 1 aliphatic heterocycles. The van der Waals surface area contributed by atoms with Gasteiger partial charge in [-0.1, -0.05) is 17.7 Å². The fraction of sp³-hybridized carbons (Fsp3) is 0.235. The number of hydrogen-bond acceptors (Lipinski definition) is 4. The molecule has 0 unspecified atom stereocenters. The minimum atomic E-state index is -0.399. The van der Waals surface area contributed by atoms with E-state index in [1.165, 1.54) is 13.3 Å². The van der Waals surface area contributed by atoms with Crippen molar-refractivity contribution < 1.29 is 14.3 Å². The van der Waals surface area contributed by atoms with E-state index in [1.54, 1.807) is 35.4 Å². The van der Waals surface area contributed by atoms with Crippen molar-refractivity contribution >= 4 is 23.5 Å². The number of pyridine rings is 1. The number of nitrogens with zero attached hydrogens (tertiary/aromatic N) is 2. The standard InChI is InChI=1S/C17H15ClN2O3/c1-23-17(22)15-9-19-8-12-10-20(6-5-14(12)15)16(21)11-3-2-4-13(18)7-11/h2-4,7-9H,5-6,10H2,1H3. The Morgan fingerprint density at radius 1 is 1.30 bits per heavy atom. The monoisotopic (exact) mass is 330 g/mol. The average molecular weight is 331 g/mol. The molecular formula is C17H15ClN2O3. The van der Waals surface area contributed by atoms with Gasteiger partial charge in [-0.3, -0.25) is 9.78 Å². The fourth-order valence-electron chi connectivity index (χ4n) is 2.76. The molecule has 5 nitrogen and oxygen atoms in total. The lowest BCUT2D eigenvalue weighted by atomic mass is 9.96. The number of methoxy groups -OCH3 is 1. The van der Waals surface area contributed by atoms with Crippen LogP contribution < -0.4 is 0 Å². The van der Waals surface area contributed by atoms with E-state index in [9.17, 15) is 9.59 Å². The lowest BCUT2D eigenvalue weighted by Crippen LogP contribution is -2.36.